The van der Waals surface area contributed by atoms with Crippen LogP contribution in [0.25, 0.3) is 10.9 Å². The van der Waals surface area contributed by atoms with Crippen molar-refractivity contribution in [3.05, 3.63) is 68.4 Å². The van der Waals surface area contributed by atoms with E-state index in [1.54, 1.807) is 28.8 Å². The van der Waals surface area contributed by atoms with Gasteiger partial charge in [-0.1, -0.05) is 38.0 Å². The number of benzene rings is 2. The van der Waals surface area contributed by atoms with Crippen LogP contribution in [0.4, 0.5) is 5.69 Å². The van der Waals surface area contributed by atoms with Crippen LogP contribution in [0.5, 0.6) is 5.75 Å². The van der Waals surface area contributed by atoms with Crippen molar-refractivity contribution >= 4 is 38.4 Å². The lowest BCUT2D eigenvalue weighted by atomic mass is 10.1. The molecule has 1 heterocycles. The van der Waals surface area contributed by atoms with Crippen LogP contribution in [0.1, 0.15) is 42.1 Å². The van der Waals surface area contributed by atoms with Crippen LogP contribution in [-0.2, 0) is 6.54 Å². The summed E-state index contributed by atoms with van der Waals surface area (Å²) >= 11 is 3.42. The van der Waals surface area contributed by atoms with Gasteiger partial charge < -0.3 is 15.0 Å². The topological polar surface area (TPSA) is 71.3 Å². The molecule has 1 amide bonds. The molecule has 0 bridgehead atoms. The third-order valence-electron chi connectivity index (χ3n) is 4.73. The number of aromatic nitrogens is 1. The predicted molar refractivity (Wildman–Crippen MR) is 116 cm³/mol. The van der Waals surface area contributed by atoms with Crippen molar-refractivity contribution in [1.29, 1.82) is 0 Å². The second-order valence-corrected chi connectivity index (χ2v) is 7.70. The van der Waals surface area contributed by atoms with E-state index in [4.69, 9.17) is 0 Å². The Balaban J connectivity index is 2.09. The van der Waals surface area contributed by atoms with Gasteiger partial charge in [-0.15, -0.1) is 0 Å². The van der Waals surface area contributed by atoms with Gasteiger partial charge in [0, 0.05) is 16.4 Å². The first-order valence-corrected chi connectivity index (χ1v) is 10.1. The first-order valence-electron chi connectivity index (χ1n) is 9.36. The quantitative estimate of drug-likeness (QED) is 0.513. The number of anilines is 1. The zero-order chi connectivity index (χ0) is 20.3. The van der Waals surface area contributed by atoms with Crippen LogP contribution >= 0.6 is 15.9 Å². The highest BCUT2D eigenvalue weighted by Crippen LogP contribution is 2.29. The summed E-state index contributed by atoms with van der Waals surface area (Å²) in [6.45, 7) is 4.54. The molecule has 0 aliphatic carbocycles. The third kappa shape index (κ3) is 3.97. The molecular formula is C22H23BrN2O3. The molecule has 6 heteroatoms. The van der Waals surface area contributed by atoms with Gasteiger partial charge in [0.25, 0.3) is 11.5 Å². The van der Waals surface area contributed by atoms with E-state index in [1.807, 2.05) is 25.1 Å². The molecule has 0 aliphatic rings. The first kappa shape index (κ1) is 20.1. The van der Waals surface area contributed by atoms with Crippen molar-refractivity contribution < 1.29 is 9.90 Å². The Morgan fingerprint density at radius 1 is 1.18 bits per heavy atom. The summed E-state index contributed by atoms with van der Waals surface area (Å²) in [7, 11) is 0. The van der Waals surface area contributed by atoms with Crippen molar-refractivity contribution in [2.24, 2.45) is 0 Å². The normalized spacial score (nSPS) is 11.0. The van der Waals surface area contributed by atoms with Gasteiger partial charge in [-0.2, -0.15) is 0 Å². The second-order valence-electron chi connectivity index (χ2n) is 6.84. The van der Waals surface area contributed by atoms with Gasteiger partial charge in [0.1, 0.15) is 11.3 Å². The van der Waals surface area contributed by atoms with Crippen molar-refractivity contribution in [3.8, 4) is 5.75 Å². The molecule has 2 N–H and O–H groups in total. The summed E-state index contributed by atoms with van der Waals surface area (Å²) < 4.78 is 2.30. The molecule has 1 aromatic heterocycles. The van der Waals surface area contributed by atoms with E-state index < -0.39 is 11.5 Å². The number of fused-ring (bicyclic) bond motifs is 1. The number of amides is 1. The highest BCUT2D eigenvalue weighted by molar-refractivity contribution is 9.10. The number of nitrogens with zero attached hydrogens (tertiary/aromatic N) is 1. The molecule has 0 atom stereocenters. The molecule has 0 unspecified atom stereocenters. The summed E-state index contributed by atoms with van der Waals surface area (Å²) in [5.41, 5.74) is 1.50. The minimum atomic E-state index is -0.623. The Morgan fingerprint density at radius 2 is 1.93 bits per heavy atom. The number of hydrogen-bond donors (Lipinski definition) is 2. The Hall–Kier alpha value is -2.60. The van der Waals surface area contributed by atoms with Crippen molar-refractivity contribution in [2.75, 3.05) is 5.32 Å². The average Bonchev–Trinajstić information content (AvgIpc) is 2.67. The first-order chi connectivity index (χ1) is 13.4. The molecule has 3 rings (SSSR count). The lowest BCUT2D eigenvalue weighted by Crippen LogP contribution is -2.30. The van der Waals surface area contributed by atoms with Gasteiger partial charge in [0.15, 0.2) is 0 Å². The molecule has 0 radical (unpaired) electrons. The van der Waals surface area contributed by atoms with Gasteiger partial charge in [-0.05, 0) is 59.1 Å². The van der Waals surface area contributed by atoms with Crippen molar-refractivity contribution in [3.63, 3.8) is 0 Å². The largest absolute Gasteiger partial charge is 0.506 e. The average molecular weight is 443 g/mol. The number of rotatable bonds is 6. The van der Waals surface area contributed by atoms with Crippen molar-refractivity contribution in [1.82, 2.24) is 4.57 Å². The summed E-state index contributed by atoms with van der Waals surface area (Å²) in [4.78, 5) is 26.0. The minimum Gasteiger partial charge on any atom is -0.506 e. The minimum absolute atomic E-state index is 0.234. The van der Waals surface area contributed by atoms with E-state index in [0.29, 0.717) is 27.6 Å². The van der Waals surface area contributed by atoms with Gasteiger partial charge in [-0.3, -0.25) is 9.59 Å². The number of pyridine rings is 1. The Labute approximate surface area is 172 Å². The highest BCUT2D eigenvalue weighted by Gasteiger charge is 2.22. The summed E-state index contributed by atoms with van der Waals surface area (Å²) in [5, 5.41) is 13.9. The highest BCUT2D eigenvalue weighted by atomic mass is 79.9. The number of aryl methyl sites for hydroxylation is 2. The Kier molecular flexibility index (Phi) is 6.19. The zero-order valence-electron chi connectivity index (χ0n) is 16.0. The van der Waals surface area contributed by atoms with Crippen LogP contribution in [0, 0.1) is 6.92 Å². The fraction of sp³-hybridized carbons (Fsp3) is 0.273. The van der Waals surface area contributed by atoms with E-state index >= 15 is 0 Å². The van der Waals surface area contributed by atoms with Crippen LogP contribution in [-0.4, -0.2) is 15.6 Å². The summed E-state index contributed by atoms with van der Waals surface area (Å²) in [6.07, 6.45) is 2.84. The molecule has 0 aliphatic heterocycles. The maximum absolute atomic E-state index is 13.1. The molecule has 2 aromatic carbocycles. The second kappa shape index (κ2) is 8.61. The number of unbranched alkanes of at least 4 members (excludes halogenated alkanes) is 2. The van der Waals surface area contributed by atoms with E-state index in [1.165, 1.54) is 0 Å². The standard InChI is InChI=1S/C22H23BrN2O3/c1-3-4-7-12-25-18-9-6-5-8-15(18)20(26)19(22(25)28)21(27)24-17-11-10-14(2)13-16(17)23/h5-6,8-11,13,26H,3-4,7,12H2,1-2H3,(H,24,27). The number of para-hydroxylation sites is 1. The van der Waals surface area contributed by atoms with E-state index in [0.717, 1.165) is 24.8 Å². The van der Waals surface area contributed by atoms with Crippen molar-refractivity contribution in [2.45, 2.75) is 39.7 Å². The SMILES string of the molecule is CCCCCn1c(=O)c(C(=O)Nc2ccc(C)cc2Br)c(O)c2ccccc21. The molecule has 28 heavy (non-hydrogen) atoms. The third-order valence-corrected chi connectivity index (χ3v) is 5.39. The molecule has 0 saturated heterocycles. The smallest absolute Gasteiger partial charge is 0.267 e. The van der Waals surface area contributed by atoms with E-state index in [2.05, 4.69) is 28.2 Å². The Bertz CT molecular complexity index is 1090. The van der Waals surface area contributed by atoms with Crippen LogP contribution in [0.15, 0.2) is 51.7 Å². The lowest BCUT2D eigenvalue weighted by Gasteiger charge is -2.15. The van der Waals surface area contributed by atoms with Gasteiger partial charge in [0.2, 0.25) is 0 Å². The fourth-order valence-electron chi connectivity index (χ4n) is 3.24. The molecule has 0 fully saturated rings. The molecule has 0 spiro atoms. The molecule has 3 aromatic rings. The van der Waals surface area contributed by atoms with Crippen LogP contribution < -0.4 is 10.9 Å². The number of carbonyl (C=O) groups is 1. The number of hydrogen-bond acceptors (Lipinski definition) is 3. The number of nitrogens with one attached hydrogen (secondary N) is 1. The maximum Gasteiger partial charge on any atom is 0.267 e. The molecule has 0 saturated carbocycles. The number of halogens is 1. The number of aromatic hydroxyl groups is 1. The Morgan fingerprint density at radius 3 is 2.64 bits per heavy atom. The van der Waals surface area contributed by atoms with Crippen LogP contribution in [0.3, 0.4) is 0 Å². The van der Waals surface area contributed by atoms with E-state index in [-0.39, 0.29) is 11.3 Å². The molecule has 5 nitrogen and oxygen atoms in total. The van der Waals surface area contributed by atoms with E-state index in [9.17, 15) is 14.7 Å². The molecular weight excluding hydrogens is 420 g/mol. The summed E-state index contributed by atoms with van der Waals surface area (Å²) in [5.74, 6) is -0.907. The maximum atomic E-state index is 13.1. The monoisotopic (exact) mass is 442 g/mol. The van der Waals surface area contributed by atoms with Gasteiger partial charge in [0.05, 0.1) is 11.2 Å². The van der Waals surface area contributed by atoms with Gasteiger partial charge in [-0.25, -0.2) is 0 Å². The number of carbonyl (C=O) groups excluding carboxylic acids is 1. The summed E-state index contributed by atoms with van der Waals surface area (Å²) in [6, 6.07) is 12.6. The fourth-order valence-corrected chi connectivity index (χ4v) is 3.83. The predicted octanol–water partition coefficient (Wildman–Crippen LogP) is 5.22. The molecule has 146 valence electrons. The van der Waals surface area contributed by atoms with Crippen LogP contribution in [0.2, 0.25) is 0 Å². The lowest BCUT2D eigenvalue weighted by molar-refractivity contribution is 0.102. The van der Waals surface area contributed by atoms with Gasteiger partial charge >= 0.3 is 0 Å². The zero-order valence-corrected chi connectivity index (χ0v) is 17.5.